The zero-order valence-corrected chi connectivity index (χ0v) is 23.7. The number of carboxylic acids is 3. The highest BCUT2D eigenvalue weighted by molar-refractivity contribution is 5.94. The standard InChI is InChI=1S/C18H25N5O.3C2HF3O2/c1-4-10-23-11-8-15-16(13-23)22(3)20-17(15)18(24)21(2)12-14-7-5-6-9-19-14;3*3-2(4,5)1(6)7/h5-7,9H,4,8,10-13H2,1-3H3;3*(H,6,7). The largest absolute Gasteiger partial charge is 0.490 e. The predicted molar refractivity (Wildman–Crippen MR) is 134 cm³/mol. The molecule has 0 unspecified atom stereocenters. The zero-order chi connectivity index (χ0) is 35.3. The molecule has 0 saturated heterocycles. The molecule has 45 heavy (non-hydrogen) atoms. The number of aryl methyl sites for hydroxylation is 1. The molecule has 3 heterocycles. The molecule has 0 fully saturated rings. The molecule has 0 aliphatic carbocycles. The lowest BCUT2D eigenvalue weighted by atomic mass is 10.0. The van der Waals surface area contributed by atoms with E-state index < -0.39 is 36.4 Å². The average Bonchev–Trinajstić information content (AvgIpc) is 3.24. The minimum atomic E-state index is -5.08. The van der Waals surface area contributed by atoms with Crippen molar-refractivity contribution < 1.29 is 74.0 Å². The number of aromatic nitrogens is 3. The van der Waals surface area contributed by atoms with Gasteiger partial charge in [-0.15, -0.1) is 0 Å². The Morgan fingerprint density at radius 3 is 1.73 bits per heavy atom. The second-order valence-electron chi connectivity index (χ2n) is 8.81. The number of carbonyl (C=O) groups is 4. The van der Waals surface area contributed by atoms with Gasteiger partial charge in [0.1, 0.15) is 0 Å². The number of nitrogens with zero attached hydrogens (tertiary/aromatic N) is 5. The summed E-state index contributed by atoms with van der Waals surface area (Å²) in [7, 11) is 3.74. The van der Waals surface area contributed by atoms with Crippen molar-refractivity contribution in [3.05, 3.63) is 47.0 Å². The molecular weight excluding hydrogens is 641 g/mol. The number of carbonyl (C=O) groups excluding carboxylic acids is 1. The van der Waals surface area contributed by atoms with Crippen LogP contribution in [0.1, 0.15) is 40.8 Å². The molecule has 0 spiro atoms. The van der Waals surface area contributed by atoms with E-state index >= 15 is 0 Å². The van der Waals surface area contributed by atoms with Gasteiger partial charge < -0.3 is 20.2 Å². The minimum absolute atomic E-state index is 0.0264. The summed E-state index contributed by atoms with van der Waals surface area (Å²) in [6, 6.07) is 5.74. The third kappa shape index (κ3) is 14.7. The van der Waals surface area contributed by atoms with E-state index in [1.165, 1.54) is 5.69 Å². The lowest BCUT2D eigenvalue weighted by molar-refractivity contribution is -0.193. The van der Waals surface area contributed by atoms with E-state index in [0.717, 1.165) is 43.7 Å². The van der Waals surface area contributed by atoms with Gasteiger partial charge in [0, 0.05) is 38.9 Å². The quantitative estimate of drug-likeness (QED) is 0.399. The van der Waals surface area contributed by atoms with E-state index in [1.807, 2.05) is 37.0 Å². The van der Waals surface area contributed by atoms with Crippen LogP contribution in [0.2, 0.25) is 0 Å². The van der Waals surface area contributed by atoms with Crippen LogP contribution in [0.5, 0.6) is 0 Å². The fraction of sp³-hybridized carbons (Fsp3) is 0.500. The second kappa shape index (κ2) is 17.2. The van der Waals surface area contributed by atoms with Crippen molar-refractivity contribution in [3.63, 3.8) is 0 Å². The number of halogens is 9. The monoisotopic (exact) mass is 669 g/mol. The minimum Gasteiger partial charge on any atom is -0.475 e. The maximum atomic E-state index is 12.9. The summed E-state index contributed by atoms with van der Waals surface area (Å²) >= 11 is 0. The average molecular weight is 669 g/mol. The Hall–Kier alpha value is -4.43. The molecule has 0 aromatic carbocycles. The van der Waals surface area contributed by atoms with Crippen molar-refractivity contribution in [3.8, 4) is 0 Å². The fourth-order valence-electron chi connectivity index (χ4n) is 3.29. The van der Waals surface area contributed by atoms with E-state index in [2.05, 4.69) is 21.9 Å². The lowest BCUT2D eigenvalue weighted by Gasteiger charge is -2.27. The van der Waals surface area contributed by atoms with Crippen LogP contribution in [0.15, 0.2) is 24.4 Å². The maximum absolute atomic E-state index is 12.9. The van der Waals surface area contributed by atoms with E-state index in [0.29, 0.717) is 12.2 Å². The van der Waals surface area contributed by atoms with Crippen molar-refractivity contribution in [1.82, 2.24) is 24.6 Å². The Morgan fingerprint density at radius 2 is 1.36 bits per heavy atom. The molecule has 0 radical (unpaired) electrons. The molecule has 254 valence electrons. The first-order valence-electron chi connectivity index (χ1n) is 12.3. The van der Waals surface area contributed by atoms with Gasteiger partial charge in [-0.25, -0.2) is 14.4 Å². The first-order valence-corrected chi connectivity index (χ1v) is 12.3. The van der Waals surface area contributed by atoms with Crippen LogP contribution < -0.4 is 0 Å². The van der Waals surface area contributed by atoms with Crippen molar-refractivity contribution >= 4 is 23.8 Å². The second-order valence-corrected chi connectivity index (χ2v) is 8.81. The fourth-order valence-corrected chi connectivity index (χ4v) is 3.29. The number of hydrogen-bond donors (Lipinski definition) is 3. The van der Waals surface area contributed by atoms with Crippen LogP contribution in [0.25, 0.3) is 0 Å². The number of fused-ring (bicyclic) bond motifs is 1. The van der Waals surface area contributed by atoms with Gasteiger partial charge >= 0.3 is 36.4 Å². The molecule has 2 aromatic rings. The molecule has 12 nitrogen and oxygen atoms in total. The summed E-state index contributed by atoms with van der Waals surface area (Å²) < 4.78 is 97.1. The highest BCUT2D eigenvalue weighted by atomic mass is 19.4. The van der Waals surface area contributed by atoms with Crippen LogP contribution in [0.3, 0.4) is 0 Å². The SMILES string of the molecule is CCCN1CCc2c(C(=O)N(C)Cc3ccccn3)nn(C)c2C1.O=C(O)C(F)(F)F.O=C(O)C(F)(F)F.O=C(O)C(F)(F)F. The number of pyridine rings is 1. The molecule has 3 N–H and O–H groups in total. The summed E-state index contributed by atoms with van der Waals surface area (Å²) in [5.74, 6) is -8.30. The van der Waals surface area contributed by atoms with Crippen LogP contribution >= 0.6 is 0 Å². The zero-order valence-electron chi connectivity index (χ0n) is 23.7. The number of carboxylic acid groups (broad SMARTS) is 3. The maximum Gasteiger partial charge on any atom is 0.490 e. The number of amides is 1. The molecule has 3 rings (SSSR count). The topological polar surface area (TPSA) is 166 Å². The van der Waals surface area contributed by atoms with Crippen LogP contribution in [-0.4, -0.2) is 102 Å². The Morgan fingerprint density at radius 1 is 0.889 bits per heavy atom. The van der Waals surface area contributed by atoms with Crippen molar-refractivity contribution in [1.29, 1.82) is 0 Å². The normalized spacial score (nSPS) is 13.0. The summed E-state index contributed by atoms with van der Waals surface area (Å²) in [5.41, 5.74) is 3.77. The Bertz CT molecular complexity index is 1220. The van der Waals surface area contributed by atoms with Gasteiger partial charge in [-0.3, -0.25) is 19.4 Å². The van der Waals surface area contributed by atoms with Gasteiger partial charge in [-0.2, -0.15) is 44.6 Å². The first-order chi connectivity index (χ1) is 20.4. The molecule has 1 aliphatic heterocycles. The van der Waals surface area contributed by atoms with Crippen LogP contribution in [0.4, 0.5) is 39.5 Å². The first kappa shape index (κ1) is 40.6. The molecule has 21 heteroatoms. The smallest absolute Gasteiger partial charge is 0.475 e. The van der Waals surface area contributed by atoms with Gasteiger partial charge in [-0.1, -0.05) is 13.0 Å². The molecule has 1 amide bonds. The van der Waals surface area contributed by atoms with Gasteiger partial charge in [0.25, 0.3) is 5.91 Å². The van der Waals surface area contributed by atoms with Crippen LogP contribution in [-0.2, 0) is 40.9 Å². The van der Waals surface area contributed by atoms with Gasteiger partial charge in [0.05, 0.1) is 17.9 Å². The summed E-state index contributed by atoms with van der Waals surface area (Å²) in [4.78, 5) is 48.0. The summed E-state index contributed by atoms with van der Waals surface area (Å²) in [5, 5.41) is 25.9. The molecule has 0 saturated carbocycles. The number of alkyl halides is 9. The Balaban J connectivity index is 0.000000753. The van der Waals surface area contributed by atoms with Crippen molar-refractivity contribution in [2.75, 3.05) is 20.1 Å². The molecule has 0 bridgehead atoms. The highest BCUT2D eigenvalue weighted by Gasteiger charge is 2.39. The van der Waals surface area contributed by atoms with Gasteiger partial charge in [0.2, 0.25) is 0 Å². The van der Waals surface area contributed by atoms with E-state index in [-0.39, 0.29) is 5.91 Å². The molecule has 2 aromatic heterocycles. The number of aliphatic carboxylic acids is 3. The van der Waals surface area contributed by atoms with Crippen molar-refractivity contribution in [2.45, 2.75) is 51.4 Å². The van der Waals surface area contributed by atoms with Gasteiger partial charge in [0.15, 0.2) is 5.69 Å². The lowest BCUT2D eigenvalue weighted by Crippen LogP contribution is -2.33. The molecule has 1 aliphatic rings. The number of hydrogen-bond acceptors (Lipinski definition) is 7. The number of rotatable bonds is 5. The highest BCUT2D eigenvalue weighted by Crippen LogP contribution is 2.23. The van der Waals surface area contributed by atoms with Crippen LogP contribution in [0, 0.1) is 0 Å². The van der Waals surface area contributed by atoms with Gasteiger partial charge in [-0.05, 0) is 31.5 Å². The van der Waals surface area contributed by atoms with E-state index in [1.54, 1.807) is 11.1 Å². The third-order valence-corrected chi connectivity index (χ3v) is 5.27. The van der Waals surface area contributed by atoms with Crippen molar-refractivity contribution in [2.24, 2.45) is 7.05 Å². The Labute approximate surface area is 248 Å². The third-order valence-electron chi connectivity index (χ3n) is 5.27. The summed E-state index contributed by atoms with van der Waals surface area (Å²) in [6.07, 6.45) is -11.5. The molecular formula is C24H28F9N5O7. The summed E-state index contributed by atoms with van der Waals surface area (Å²) in [6.45, 7) is 5.65. The Kier molecular flexibility index (Phi) is 15.5. The molecule has 0 atom stereocenters. The predicted octanol–water partition coefficient (Wildman–Crippen LogP) is 3.76. The van der Waals surface area contributed by atoms with E-state index in [4.69, 9.17) is 29.7 Å². The van der Waals surface area contributed by atoms with E-state index in [9.17, 15) is 44.3 Å².